The number of aromatic nitrogens is 2. The number of hydrogen-bond donors (Lipinski definition) is 1. The lowest BCUT2D eigenvalue weighted by molar-refractivity contribution is -0.615. The minimum Gasteiger partial charge on any atom is -0.711 e. The van der Waals surface area contributed by atoms with Gasteiger partial charge < -0.3 is 10.4 Å². The van der Waals surface area contributed by atoms with Gasteiger partial charge in [0, 0.05) is 5.92 Å². The molecule has 2 rings (SSSR count). The number of aryl methyl sites for hydroxylation is 1. The third kappa shape index (κ3) is 1.98. The highest BCUT2D eigenvalue weighted by molar-refractivity contribution is 5.37. The van der Waals surface area contributed by atoms with Crippen LogP contribution < -0.4 is 4.73 Å². The first kappa shape index (κ1) is 11.5. The molecule has 90 valence electrons. The van der Waals surface area contributed by atoms with Crippen LogP contribution in [-0.2, 0) is 0 Å². The van der Waals surface area contributed by atoms with Crippen molar-refractivity contribution in [3.63, 3.8) is 0 Å². The summed E-state index contributed by atoms with van der Waals surface area (Å²) in [5, 5.41) is 20.8. The molecule has 4 nitrogen and oxygen atoms in total. The maximum atomic E-state index is 11.6. The summed E-state index contributed by atoms with van der Waals surface area (Å²) in [5.41, 5.74) is 4.04. The van der Waals surface area contributed by atoms with E-state index in [-0.39, 0.29) is 5.92 Å². The topological polar surface area (TPSA) is 52.1 Å². The van der Waals surface area contributed by atoms with Crippen LogP contribution in [0.1, 0.15) is 35.2 Å². The summed E-state index contributed by atoms with van der Waals surface area (Å²) in [5.74, 6) is -0.0409. The average molecular weight is 232 g/mol. The van der Waals surface area contributed by atoms with E-state index in [1.165, 1.54) is 17.3 Å². The van der Waals surface area contributed by atoms with Crippen LogP contribution in [0.3, 0.4) is 0 Å². The molecule has 0 bridgehead atoms. The first-order valence-corrected chi connectivity index (χ1v) is 5.57. The maximum Gasteiger partial charge on any atom is 0.287 e. The van der Waals surface area contributed by atoms with Gasteiger partial charge in [0.15, 0.2) is 11.9 Å². The molecule has 0 saturated heterocycles. The molecule has 0 aliphatic rings. The fourth-order valence-electron chi connectivity index (χ4n) is 2.10. The van der Waals surface area contributed by atoms with E-state index in [0.717, 1.165) is 16.6 Å². The van der Waals surface area contributed by atoms with E-state index < -0.39 is 0 Å². The Kier molecular flexibility index (Phi) is 2.79. The van der Waals surface area contributed by atoms with E-state index in [0.29, 0.717) is 10.4 Å². The normalized spacial score (nSPS) is 12.6. The number of rotatable bonds is 2. The van der Waals surface area contributed by atoms with Crippen molar-refractivity contribution in [2.75, 3.05) is 0 Å². The molecule has 2 aromatic rings. The highest BCUT2D eigenvalue weighted by atomic mass is 16.5. The van der Waals surface area contributed by atoms with Gasteiger partial charge >= 0.3 is 0 Å². The molecule has 0 fully saturated rings. The zero-order valence-corrected chi connectivity index (χ0v) is 10.2. The van der Waals surface area contributed by atoms with Crippen LogP contribution in [0.15, 0.2) is 30.7 Å². The van der Waals surface area contributed by atoms with Gasteiger partial charge in [-0.3, -0.25) is 0 Å². The van der Waals surface area contributed by atoms with Gasteiger partial charge in [-0.1, -0.05) is 29.9 Å². The SMILES string of the molecule is Cc1cccc([C@H](C)c2cn(O)c[n+]2[O-])c1C. The van der Waals surface area contributed by atoms with Crippen LogP contribution in [0.25, 0.3) is 0 Å². The average Bonchev–Trinajstić information content (AvgIpc) is 2.61. The van der Waals surface area contributed by atoms with Gasteiger partial charge in [-0.05, 0) is 30.5 Å². The Hall–Kier alpha value is -1.97. The lowest BCUT2D eigenvalue weighted by Gasteiger charge is -2.15. The zero-order chi connectivity index (χ0) is 12.6. The van der Waals surface area contributed by atoms with E-state index in [4.69, 9.17) is 0 Å². The molecule has 1 aromatic carbocycles. The van der Waals surface area contributed by atoms with E-state index >= 15 is 0 Å². The lowest BCUT2D eigenvalue weighted by Crippen LogP contribution is -2.29. The summed E-state index contributed by atoms with van der Waals surface area (Å²) in [6.07, 6.45) is 2.55. The Morgan fingerprint density at radius 1 is 1.35 bits per heavy atom. The summed E-state index contributed by atoms with van der Waals surface area (Å²) >= 11 is 0. The third-order valence-electron chi connectivity index (χ3n) is 3.30. The molecule has 1 aromatic heterocycles. The highest BCUT2D eigenvalue weighted by Gasteiger charge is 2.19. The van der Waals surface area contributed by atoms with Crippen LogP contribution >= 0.6 is 0 Å². The predicted octanol–water partition coefficient (Wildman–Crippen LogP) is 2.13. The molecular weight excluding hydrogens is 216 g/mol. The van der Waals surface area contributed by atoms with Crippen LogP contribution in [0.4, 0.5) is 0 Å². The summed E-state index contributed by atoms with van der Waals surface area (Å²) in [6.45, 7) is 6.06. The van der Waals surface area contributed by atoms with Gasteiger partial charge in [0.05, 0.1) is 0 Å². The largest absolute Gasteiger partial charge is 0.711 e. The smallest absolute Gasteiger partial charge is 0.287 e. The first-order valence-electron chi connectivity index (χ1n) is 5.57. The molecule has 1 atom stereocenters. The Labute approximate surface area is 100 Å². The molecule has 0 saturated carbocycles. The monoisotopic (exact) mass is 232 g/mol. The Morgan fingerprint density at radius 3 is 2.65 bits per heavy atom. The fourth-order valence-corrected chi connectivity index (χ4v) is 2.10. The third-order valence-corrected chi connectivity index (χ3v) is 3.30. The predicted molar refractivity (Wildman–Crippen MR) is 64.0 cm³/mol. The number of hydrogen-bond acceptors (Lipinski definition) is 2. The van der Waals surface area contributed by atoms with Crippen molar-refractivity contribution in [2.24, 2.45) is 0 Å². The summed E-state index contributed by atoms with van der Waals surface area (Å²) in [6, 6.07) is 6.05. The van der Waals surface area contributed by atoms with Crippen LogP contribution in [0.5, 0.6) is 0 Å². The molecule has 0 amide bonds. The number of imidazole rings is 1. The molecule has 0 spiro atoms. The summed E-state index contributed by atoms with van der Waals surface area (Å²) < 4.78 is 1.50. The van der Waals surface area contributed by atoms with Crippen molar-refractivity contribution in [3.05, 3.63) is 58.3 Å². The van der Waals surface area contributed by atoms with Gasteiger partial charge in [-0.2, -0.15) is 0 Å². The van der Waals surface area contributed by atoms with Crippen LogP contribution in [0.2, 0.25) is 0 Å². The van der Waals surface area contributed by atoms with Gasteiger partial charge in [-0.25, -0.2) is 4.73 Å². The van der Waals surface area contributed by atoms with Gasteiger partial charge in [-0.15, -0.1) is 0 Å². The van der Waals surface area contributed by atoms with Crippen molar-refractivity contribution in [1.82, 2.24) is 4.73 Å². The first-order chi connectivity index (χ1) is 8.00. The van der Waals surface area contributed by atoms with E-state index in [2.05, 4.69) is 0 Å². The Balaban J connectivity index is 2.47. The molecule has 0 radical (unpaired) electrons. The molecule has 0 aliphatic heterocycles. The van der Waals surface area contributed by atoms with Gasteiger partial charge in [0.2, 0.25) is 0 Å². The number of nitrogens with zero attached hydrogens (tertiary/aromatic N) is 2. The van der Waals surface area contributed by atoms with Gasteiger partial charge in [0.25, 0.3) is 6.33 Å². The molecule has 1 N–H and O–H groups in total. The quantitative estimate of drug-likeness (QED) is 0.490. The highest BCUT2D eigenvalue weighted by Crippen LogP contribution is 2.26. The van der Waals surface area contributed by atoms with Crippen molar-refractivity contribution >= 4 is 0 Å². The van der Waals surface area contributed by atoms with Crippen molar-refractivity contribution in [3.8, 4) is 0 Å². The van der Waals surface area contributed by atoms with Gasteiger partial charge in [0.1, 0.15) is 0 Å². The number of benzene rings is 1. The van der Waals surface area contributed by atoms with Crippen molar-refractivity contribution in [2.45, 2.75) is 26.7 Å². The standard InChI is InChI=1S/C13H16N2O2/c1-9-5-4-6-12(10(9)2)11(3)13-7-14(16)8-15(13)17/h4-8,11,16H,1-3H3/t11-/m0/s1. The fraction of sp³-hybridized carbons (Fsp3) is 0.308. The second kappa shape index (κ2) is 4.13. The maximum absolute atomic E-state index is 11.6. The minimum atomic E-state index is -0.0409. The Bertz CT molecular complexity index is 546. The van der Waals surface area contributed by atoms with E-state index in [1.807, 2.05) is 39.0 Å². The Morgan fingerprint density at radius 2 is 2.06 bits per heavy atom. The minimum absolute atomic E-state index is 0.0409. The molecule has 0 unspecified atom stereocenters. The van der Waals surface area contributed by atoms with Crippen molar-refractivity contribution in [1.29, 1.82) is 0 Å². The lowest BCUT2D eigenvalue weighted by atomic mass is 9.92. The van der Waals surface area contributed by atoms with Crippen LogP contribution in [0, 0.1) is 19.1 Å². The second-order valence-corrected chi connectivity index (χ2v) is 4.39. The zero-order valence-electron chi connectivity index (χ0n) is 10.2. The second-order valence-electron chi connectivity index (χ2n) is 4.39. The van der Waals surface area contributed by atoms with Crippen LogP contribution in [-0.4, -0.2) is 9.94 Å². The summed E-state index contributed by atoms with van der Waals surface area (Å²) in [4.78, 5) is 0. The molecule has 0 aliphatic carbocycles. The summed E-state index contributed by atoms with van der Waals surface area (Å²) in [7, 11) is 0. The molecule has 4 heteroatoms. The molecule has 17 heavy (non-hydrogen) atoms. The molecule has 1 heterocycles. The van der Waals surface area contributed by atoms with Crippen molar-refractivity contribution < 1.29 is 9.94 Å². The van der Waals surface area contributed by atoms with E-state index in [1.54, 1.807) is 0 Å². The van der Waals surface area contributed by atoms with E-state index in [9.17, 15) is 10.4 Å². The molecular formula is C13H16N2O2.